The van der Waals surface area contributed by atoms with E-state index in [0.29, 0.717) is 0 Å². The highest BCUT2D eigenvalue weighted by Crippen LogP contribution is 2.21. The van der Waals surface area contributed by atoms with Crippen molar-refractivity contribution >= 4 is 11.6 Å². The number of aromatic nitrogens is 2. The van der Waals surface area contributed by atoms with Gasteiger partial charge in [0.25, 0.3) is 0 Å². The lowest BCUT2D eigenvalue weighted by Gasteiger charge is -2.01. The highest BCUT2D eigenvalue weighted by atomic mass is 16.3. The van der Waals surface area contributed by atoms with Crippen LogP contribution in [0, 0.1) is 0 Å². The maximum absolute atomic E-state index is 9.63. The van der Waals surface area contributed by atoms with Crippen molar-refractivity contribution in [2.24, 2.45) is 0 Å². The molecule has 0 saturated carbocycles. The van der Waals surface area contributed by atoms with E-state index >= 15 is 0 Å². The summed E-state index contributed by atoms with van der Waals surface area (Å²) < 4.78 is 0. The number of para-hydroxylation sites is 1. The summed E-state index contributed by atoms with van der Waals surface area (Å²) in [6.45, 7) is 1.94. The maximum atomic E-state index is 9.63. The Morgan fingerprint density at radius 2 is 2.06 bits per heavy atom. The lowest BCUT2D eigenvalue weighted by atomic mass is 10.1. The maximum Gasteiger partial charge on any atom is 0.122 e. The Balaban J connectivity index is 2.36. The van der Waals surface area contributed by atoms with Crippen LogP contribution in [0.5, 0.6) is 5.75 Å². The first kappa shape index (κ1) is 10.4. The van der Waals surface area contributed by atoms with E-state index in [-0.39, 0.29) is 5.75 Å². The summed E-state index contributed by atoms with van der Waals surface area (Å²) in [4.78, 5) is 8.20. The molecule has 2 aromatic rings. The smallest absolute Gasteiger partial charge is 0.122 e. The standard InChI is InChI=1S/C13H12N2O/c1-10(12-9-14-6-7-15-12)8-11-4-2-3-5-13(11)16/h2-9,16H,1H3. The molecule has 80 valence electrons. The van der Waals surface area contributed by atoms with Crippen molar-refractivity contribution in [1.29, 1.82) is 0 Å². The third kappa shape index (κ3) is 2.25. The van der Waals surface area contributed by atoms with Gasteiger partial charge in [0, 0.05) is 18.0 Å². The Morgan fingerprint density at radius 3 is 2.75 bits per heavy atom. The topological polar surface area (TPSA) is 46.0 Å². The Kier molecular flexibility index (Phi) is 2.96. The highest BCUT2D eigenvalue weighted by molar-refractivity contribution is 5.80. The quantitative estimate of drug-likeness (QED) is 0.832. The van der Waals surface area contributed by atoms with Gasteiger partial charge in [-0.05, 0) is 24.6 Å². The molecular weight excluding hydrogens is 200 g/mol. The fourth-order valence-corrected chi connectivity index (χ4v) is 1.42. The molecule has 0 bridgehead atoms. The van der Waals surface area contributed by atoms with Crippen molar-refractivity contribution < 1.29 is 5.11 Å². The van der Waals surface area contributed by atoms with Gasteiger partial charge in [-0.3, -0.25) is 9.97 Å². The number of benzene rings is 1. The van der Waals surface area contributed by atoms with E-state index in [1.54, 1.807) is 30.7 Å². The Hall–Kier alpha value is -2.16. The first-order valence-electron chi connectivity index (χ1n) is 5.00. The van der Waals surface area contributed by atoms with Gasteiger partial charge in [0.05, 0.1) is 11.9 Å². The van der Waals surface area contributed by atoms with Crippen LogP contribution in [0.15, 0.2) is 42.9 Å². The third-order valence-electron chi connectivity index (χ3n) is 2.28. The minimum Gasteiger partial charge on any atom is -0.507 e. The molecule has 0 spiro atoms. The Bertz CT molecular complexity index is 506. The fourth-order valence-electron chi connectivity index (χ4n) is 1.42. The molecular formula is C13H12N2O. The van der Waals surface area contributed by atoms with Crippen LogP contribution < -0.4 is 0 Å². The number of allylic oxidation sites excluding steroid dienone is 1. The zero-order chi connectivity index (χ0) is 11.4. The molecule has 0 aliphatic heterocycles. The van der Waals surface area contributed by atoms with Crippen molar-refractivity contribution in [2.75, 3.05) is 0 Å². The normalized spacial score (nSPS) is 11.4. The Morgan fingerprint density at radius 1 is 1.25 bits per heavy atom. The van der Waals surface area contributed by atoms with Crippen molar-refractivity contribution in [1.82, 2.24) is 9.97 Å². The number of hydrogen-bond acceptors (Lipinski definition) is 3. The van der Waals surface area contributed by atoms with Gasteiger partial charge in [0.2, 0.25) is 0 Å². The number of phenolic OH excluding ortho intramolecular Hbond substituents is 1. The summed E-state index contributed by atoms with van der Waals surface area (Å²) in [5, 5.41) is 9.63. The predicted molar refractivity (Wildman–Crippen MR) is 63.7 cm³/mol. The molecule has 0 saturated heterocycles. The molecule has 0 amide bonds. The van der Waals surface area contributed by atoms with Gasteiger partial charge >= 0.3 is 0 Å². The molecule has 0 radical (unpaired) electrons. The van der Waals surface area contributed by atoms with Gasteiger partial charge in [0.15, 0.2) is 0 Å². The summed E-state index contributed by atoms with van der Waals surface area (Å²) in [7, 11) is 0. The minimum atomic E-state index is 0.269. The molecule has 3 nitrogen and oxygen atoms in total. The first-order chi connectivity index (χ1) is 7.77. The SMILES string of the molecule is CC(=Cc1ccccc1O)c1cnccn1. The van der Waals surface area contributed by atoms with Crippen LogP contribution in [0.3, 0.4) is 0 Å². The first-order valence-corrected chi connectivity index (χ1v) is 5.00. The monoisotopic (exact) mass is 212 g/mol. The second-order valence-electron chi connectivity index (χ2n) is 3.48. The number of aromatic hydroxyl groups is 1. The van der Waals surface area contributed by atoms with Gasteiger partial charge in [-0.1, -0.05) is 18.2 Å². The molecule has 0 fully saturated rings. The van der Waals surface area contributed by atoms with Crippen LogP contribution in [-0.4, -0.2) is 15.1 Å². The average Bonchev–Trinajstić information content (AvgIpc) is 2.33. The van der Waals surface area contributed by atoms with Gasteiger partial charge in [-0.25, -0.2) is 0 Å². The van der Waals surface area contributed by atoms with Crippen LogP contribution in [0.2, 0.25) is 0 Å². The van der Waals surface area contributed by atoms with Gasteiger partial charge < -0.3 is 5.11 Å². The largest absolute Gasteiger partial charge is 0.507 e. The van der Waals surface area contributed by atoms with E-state index in [1.807, 2.05) is 25.1 Å². The van der Waals surface area contributed by atoms with Crippen molar-refractivity contribution in [3.8, 4) is 5.75 Å². The van der Waals surface area contributed by atoms with Crippen LogP contribution in [-0.2, 0) is 0 Å². The zero-order valence-electron chi connectivity index (χ0n) is 8.96. The molecule has 0 unspecified atom stereocenters. The van der Waals surface area contributed by atoms with Crippen molar-refractivity contribution in [2.45, 2.75) is 6.92 Å². The third-order valence-corrected chi connectivity index (χ3v) is 2.28. The zero-order valence-corrected chi connectivity index (χ0v) is 8.96. The molecule has 16 heavy (non-hydrogen) atoms. The Labute approximate surface area is 94.1 Å². The summed E-state index contributed by atoms with van der Waals surface area (Å²) in [5.41, 5.74) is 2.56. The lowest BCUT2D eigenvalue weighted by molar-refractivity contribution is 0.474. The molecule has 1 heterocycles. The molecule has 1 N–H and O–H groups in total. The fraction of sp³-hybridized carbons (Fsp3) is 0.0769. The number of phenols is 1. The number of nitrogens with zero attached hydrogens (tertiary/aromatic N) is 2. The van der Waals surface area contributed by atoms with Crippen LogP contribution in [0.25, 0.3) is 11.6 Å². The minimum absolute atomic E-state index is 0.269. The van der Waals surface area contributed by atoms with E-state index < -0.39 is 0 Å². The molecule has 0 aliphatic carbocycles. The number of rotatable bonds is 2. The molecule has 3 heteroatoms. The number of hydrogen-bond donors (Lipinski definition) is 1. The summed E-state index contributed by atoms with van der Waals surface area (Å²) in [5.74, 6) is 0.269. The lowest BCUT2D eigenvalue weighted by Crippen LogP contribution is -1.86. The van der Waals surface area contributed by atoms with Crippen molar-refractivity contribution in [3.63, 3.8) is 0 Å². The van der Waals surface area contributed by atoms with Crippen molar-refractivity contribution in [3.05, 3.63) is 54.1 Å². The highest BCUT2D eigenvalue weighted by Gasteiger charge is 1.99. The second-order valence-corrected chi connectivity index (χ2v) is 3.48. The predicted octanol–water partition coefficient (Wildman–Crippen LogP) is 2.74. The van der Waals surface area contributed by atoms with E-state index in [9.17, 15) is 5.11 Å². The average molecular weight is 212 g/mol. The molecule has 0 atom stereocenters. The summed E-state index contributed by atoms with van der Waals surface area (Å²) >= 11 is 0. The van der Waals surface area contributed by atoms with E-state index in [0.717, 1.165) is 16.8 Å². The molecule has 1 aromatic heterocycles. The molecule has 0 aliphatic rings. The van der Waals surface area contributed by atoms with Gasteiger partial charge in [-0.15, -0.1) is 0 Å². The summed E-state index contributed by atoms with van der Waals surface area (Å²) in [6.07, 6.45) is 6.87. The van der Waals surface area contributed by atoms with Gasteiger partial charge in [0.1, 0.15) is 5.75 Å². The van der Waals surface area contributed by atoms with Gasteiger partial charge in [-0.2, -0.15) is 0 Å². The molecule has 1 aromatic carbocycles. The second kappa shape index (κ2) is 4.57. The van der Waals surface area contributed by atoms with Crippen LogP contribution in [0.4, 0.5) is 0 Å². The van der Waals surface area contributed by atoms with Crippen LogP contribution >= 0.6 is 0 Å². The van der Waals surface area contributed by atoms with E-state index in [2.05, 4.69) is 9.97 Å². The van der Waals surface area contributed by atoms with E-state index in [4.69, 9.17) is 0 Å². The van der Waals surface area contributed by atoms with E-state index in [1.165, 1.54) is 0 Å². The summed E-state index contributed by atoms with van der Waals surface area (Å²) in [6, 6.07) is 7.20. The van der Waals surface area contributed by atoms with Crippen LogP contribution in [0.1, 0.15) is 18.2 Å². The molecule has 2 rings (SSSR count).